The van der Waals surface area contributed by atoms with Crippen molar-refractivity contribution in [3.8, 4) is 0 Å². The van der Waals surface area contributed by atoms with E-state index in [9.17, 15) is 14.0 Å². The van der Waals surface area contributed by atoms with Crippen molar-refractivity contribution in [2.75, 3.05) is 18.8 Å². The molecular formula is C18H18BrFN2O2S. The fourth-order valence-corrected chi connectivity index (χ4v) is 3.23. The van der Waals surface area contributed by atoms with E-state index in [0.717, 1.165) is 21.5 Å². The van der Waals surface area contributed by atoms with Crippen LogP contribution in [-0.4, -0.2) is 30.7 Å². The summed E-state index contributed by atoms with van der Waals surface area (Å²) in [6.45, 7) is 0.468. The Morgan fingerprint density at radius 2 is 1.84 bits per heavy atom. The smallest absolute Gasteiger partial charge is 0.251 e. The average Bonchev–Trinajstić information content (AvgIpc) is 2.61. The second-order valence-corrected chi connectivity index (χ2v) is 7.28. The molecule has 0 bridgehead atoms. The number of hydrogen-bond acceptors (Lipinski definition) is 3. The van der Waals surface area contributed by atoms with Crippen molar-refractivity contribution in [3.05, 3.63) is 64.4 Å². The fourth-order valence-electron chi connectivity index (χ4n) is 1.98. The topological polar surface area (TPSA) is 58.2 Å². The molecule has 0 saturated carbocycles. The number of hydrogen-bond donors (Lipinski definition) is 2. The molecule has 0 heterocycles. The van der Waals surface area contributed by atoms with E-state index in [1.807, 2.05) is 6.07 Å². The molecular weight excluding hydrogens is 407 g/mol. The Kier molecular flexibility index (Phi) is 7.94. The van der Waals surface area contributed by atoms with Gasteiger partial charge in [-0.2, -0.15) is 0 Å². The number of carbonyl (C=O) groups excluding carboxylic acids is 2. The summed E-state index contributed by atoms with van der Waals surface area (Å²) in [7, 11) is 0. The van der Waals surface area contributed by atoms with E-state index < -0.39 is 0 Å². The van der Waals surface area contributed by atoms with Crippen LogP contribution in [0.3, 0.4) is 0 Å². The van der Waals surface area contributed by atoms with Gasteiger partial charge in [-0.3, -0.25) is 9.59 Å². The average molecular weight is 425 g/mol. The zero-order chi connectivity index (χ0) is 18.1. The maximum Gasteiger partial charge on any atom is 0.251 e. The maximum atomic E-state index is 12.8. The van der Waals surface area contributed by atoms with Gasteiger partial charge in [0.25, 0.3) is 5.91 Å². The Morgan fingerprint density at radius 3 is 2.56 bits per heavy atom. The summed E-state index contributed by atoms with van der Waals surface area (Å²) in [4.78, 5) is 24.6. The molecule has 0 atom stereocenters. The number of nitrogens with one attached hydrogen (secondary N) is 2. The van der Waals surface area contributed by atoms with Crippen LogP contribution in [0.4, 0.5) is 4.39 Å². The minimum atomic E-state index is -0.289. The lowest BCUT2D eigenvalue weighted by atomic mass is 10.2. The van der Waals surface area contributed by atoms with Crippen molar-refractivity contribution in [1.82, 2.24) is 10.6 Å². The van der Waals surface area contributed by atoms with Crippen molar-refractivity contribution < 1.29 is 14.0 Å². The lowest BCUT2D eigenvalue weighted by Gasteiger charge is -2.07. The lowest BCUT2D eigenvalue weighted by Crippen LogP contribution is -2.37. The normalized spacial score (nSPS) is 10.3. The van der Waals surface area contributed by atoms with Crippen molar-refractivity contribution >= 4 is 39.5 Å². The summed E-state index contributed by atoms with van der Waals surface area (Å²) >= 11 is 4.91. The quantitative estimate of drug-likeness (QED) is 0.502. The van der Waals surface area contributed by atoms with Gasteiger partial charge in [0, 0.05) is 21.5 Å². The summed E-state index contributed by atoms with van der Waals surface area (Å²) in [5.74, 6) is 0.0519. The molecule has 0 aliphatic heterocycles. The molecule has 2 aromatic carbocycles. The van der Waals surface area contributed by atoms with Crippen LogP contribution in [-0.2, 0) is 4.79 Å². The van der Waals surface area contributed by atoms with E-state index in [2.05, 4.69) is 26.6 Å². The Bertz CT molecular complexity index is 725. The van der Waals surface area contributed by atoms with Crippen LogP contribution >= 0.6 is 27.7 Å². The first-order chi connectivity index (χ1) is 12.0. The molecule has 0 saturated heterocycles. The van der Waals surface area contributed by atoms with E-state index >= 15 is 0 Å². The molecule has 7 heteroatoms. The number of amides is 2. The monoisotopic (exact) mass is 424 g/mol. The summed E-state index contributed by atoms with van der Waals surface area (Å²) in [6.07, 6.45) is 0.785. The van der Waals surface area contributed by atoms with Crippen LogP contribution < -0.4 is 10.6 Å². The summed E-state index contributed by atoms with van der Waals surface area (Å²) in [5, 5.41) is 5.35. The molecule has 132 valence electrons. The van der Waals surface area contributed by atoms with E-state index in [1.54, 1.807) is 42.1 Å². The van der Waals surface area contributed by atoms with Gasteiger partial charge in [-0.25, -0.2) is 4.39 Å². The van der Waals surface area contributed by atoms with Gasteiger partial charge in [-0.1, -0.05) is 22.0 Å². The molecule has 0 aliphatic rings. The highest BCUT2D eigenvalue weighted by Crippen LogP contribution is 2.18. The molecule has 2 amide bonds. The number of thioether (sulfide) groups is 1. The SMILES string of the molecule is O=C(CNC(=O)c1cccc(Br)c1)NCCCSc1ccc(F)cc1. The van der Waals surface area contributed by atoms with Gasteiger partial charge >= 0.3 is 0 Å². The highest BCUT2D eigenvalue weighted by molar-refractivity contribution is 9.10. The zero-order valence-electron chi connectivity index (χ0n) is 13.4. The van der Waals surface area contributed by atoms with Crippen LogP contribution in [0.25, 0.3) is 0 Å². The van der Waals surface area contributed by atoms with Gasteiger partial charge in [-0.05, 0) is 54.6 Å². The minimum Gasteiger partial charge on any atom is -0.355 e. The first-order valence-electron chi connectivity index (χ1n) is 7.73. The Morgan fingerprint density at radius 1 is 1.08 bits per heavy atom. The summed E-state index contributed by atoms with van der Waals surface area (Å²) < 4.78 is 13.6. The van der Waals surface area contributed by atoms with Crippen molar-refractivity contribution in [2.45, 2.75) is 11.3 Å². The zero-order valence-corrected chi connectivity index (χ0v) is 15.8. The molecule has 0 aromatic heterocycles. The molecule has 4 nitrogen and oxygen atoms in total. The number of rotatable bonds is 8. The Labute approximate surface area is 158 Å². The van der Waals surface area contributed by atoms with Crippen molar-refractivity contribution in [1.29, 1.82) is 0 Å². The molecule has 2 aromatic rings. The first-order valence-corrected chi connectivity index (χ1v) is 9.51. The first kappa shape index (κ1) is 19.5. The predicted octanol–water partition coefficient (Wildman–Crippen LogP) is 3.62. The summed E-state index contributed by atoms with van der Waals surface area (Å²) in [6, 6.07) is 13.3. The molecule has 0 unspecified atom stereocenters. The van der Waals surface area contributed by atoms with Crippen LogP contribution in [0.1, 0.15) is 16.8 Å². The summed E-state index contributed by atoms with van der Waals surface area (Å²) in [5.41, 5.74) is 0.498. The number of carbonyl (C=O) groups is 2. The third-order valence-electron chi connectivity index (χ3n) is 3.22. The van der Waals surface area contributed by atoms with Gasteiger partial charge in [-0.15, -0.1) is 11.8 Å². The molecule has 0 aliphatic carbocycles. The molecule has 0 radical (unpaired) electrons. The van der Waals surface area contributed by atoms with E-state index in [4.69, 9.17) is 0 Å². The third kappa shape index (κ3) is 7.27. The van der Waals surface area contributed by atoms with Crippen LogP contribution in [0.2, 0.25) is 0 Å². The molecule has 0 spiro atoms. The standard InChI is InChI=1S/C18H18BrFN2O2S/c19-14-4-1-3-13(11-14)18(24)22-12-17(23)21-9-2-10-25-16-7-5-15(20)6-8-16/h1,3-8,11H,2,9-10,12H2,(H,21,23)(H,22,24). The van der Waals surface area contributed by atoms with Crippen LogP contribution in [0.5, 0.6) is 0 Å². The molecule has 2 rings (SSSR count). The minimum absolute atomic E-state index is 0.0591. The Hall–Kier alpha value is -1.86. The highest BCUT2D eigenvalue weighted by Gasteiger charge is 2.08. The Balaban J connectivity index is 1.59. The fraction of sp³-hybridized carbons (Fsp3) is 0.222. The molecule has 25 heavy (non-hydrogen) atoms. The van der Waals surface area contributed by atoms with Crippen molar-refractivity contribution in [3.63, 3.8) is 0 Å². The highest BCUT2D eigenvalue weighted by atomic mass is 79.9. The van der Waals surface area contributed by atoms with Gasteiger partial charge in [0.2, 0.25) is 5.91 Å². The predicted molar refractivity (Wildman–Crippen MR) is 101 cm³/mol. The van der Waals surface area contributed by atoms with Gasteiger partial charge in [0.1, 0.15) is 5.82 Å². The van der Waals surface area contributed by atoms with Crippen molar-refractivity contribution in [2.24, 2.45) is 0 Å². The van der Waals surface area contributed by atoms with Crippen LogP contribution in [0.15, 0.2) is 57.9 Å². The van der Waals surface area contributed by atoms with E-state index in [-0.39, 0.29) is 24.2 Å². The largest absolute Gasteiger partial charge is 0.355 e. The van der Waals surface area contributed by atoms with E-state index in [1.165, 1.54) is 12.1 Å². The van der Waals surface area contributed by atoms with E-state index in [0.29, 0.717) is 12.1 Å². The molecule has 0 fully saturated rings. The lowest BCUT2D eigenvalue weighted by molar-refractivity contribution is -0.120. The second kappa shape index (κ2) is 10.2. The third-order valence-corrected chi connectivity index (χ3v) is 4.81. The second-order valence-electron chi connectivity index (χ2n) is 5.20. The van der Waals surface area contributed by atoms with Gasteiger partial charge in [0.15, 0.2) is 0 Å². The number of halogens is 2. The van der Waals surface area contributed by atoms with Gasteiger partial charge < -0.3 is 10.6 Å². The molecule has 2 N–H and O–H groups in total. The van der Waals surface area contributed by atoms with Crippen LogP contribution in [0, 0.1) is 5.82 Å². The number of benzene rings is 2. The van der Waals surface area contributed by atoms with Gasteiger partial charge in [0.05, 0.1) is 6.54 Å². The maximum absolute atomic E-state index is 12.8.